The molecule has 0 aromatic carbocycles. The van der Waals surface area contributed by atoms with E-state index in [1.54, 1.807) is 6.92 Å². The Morgan fingerprint density at radius 2 is 1.69 bits per heavy atom. The first-order chi connectivity index (χ1) is 15.3. The van der Waals surface area contributed by atoms with E-state index in [4.69, 9.17) is 4.74 Å². The first-order valence-corrected chi connectivity index (χ1v) is 12.8. The van der Waals surface area contributed by atoms with Gasteiger partial charge in [-0.2, -0.15) is 0 Å². The highest BCUT2D eigenvalue weighted by Gasteiger charge is 2.48. The van der Waals surface area contributed by atoms with Crippen LogP contribution in [0.3, 0.4) is 0 Å². The average molecular weight is 448 g/mol. The van der Waals surface area contributed by atoms with E-state index in [0.29, 0.717) is 30.3 Å². The minimum absolute atomic E-state index is 0.0125. The lowest BCUT2D eigenvalue weighted by Crippen LogP contribution is -2.67. The van der Waals surface area contributed by atoms with Crippen molar-refractivity contribution in [1.82, 2.24) is 14.7 Å². The third kappa shape index (κ3) is 4.62. The standard InChI is InChI=1S/C25H41N3O4/c1-16(2)32-25(31)27-15-17(3)28(18(4)29)22-12-9-20(14-23(22)27)19-7-10-21(11-8-19)26-13-5-6-24(26)30/h16-17,19-23H,5-15H2,1-4H3/t17-,19?,20?,21?,22?,23?/m0/s1. The molecule has 4 rings (SSSR count). The lowest BCUT2D eigenvalue weighted by Gasteiger charge is -2.54. The van der Waals surface area contributed by atoms with Gasteiger partial charge in [-0.15, -0.1) is 0 Å². The molecule has 32 heavy (non-hydrogen) atoms. The van der Waals surface area contributed by atoms with E-state index < -0.39 is 0 Å². The monoisotopic (exact) mass is 447 g/mol. The van der Waals surface area contributed by atoms with E-state index in [0.717, 1.165) is 51.5 Å². The van der Waals surface area contributed by atoms with E-state index >= 15 is 0 Å². The van der Waals surface area contributed by atoms with Crippen molar-refractivity contribution in [2.75, 3.05) is 13.1 Å². The summed E-state index contributed by atoms with van der Waals surface area (Å²) in [6, 6.07) is 0.570. The second-order valence-electron chi connectivity index (χ2n) is 10.8. The lowest BCUT2D eigenvalue weighted by molar-refractivity contribution is -0.143. The Labute approximate surface area is 192 Å². The molecule has 2 aliphatic carbocycles. The molecule has 0 bridgehead atoms. The third-order valence-corrected chi connectivity index (χ3v) is 8.41. The van der Waals surface area contributed by atoms with E-state index in [1.165, 1.54) is 12.8 Å². The van der Waals surface area contributed by atoms with Crippen LogP contribution in [0, 0.1) is 11.8 Å². The van der Waals surface area contributed by atoms with Crippen LogP contribution in [0.2, 0.25) is 0 Å². The van der Waals surface area contributed by atoms with E-state index in [1.807, 2.05) is 30.6 Å². The summed E-state index contributed by atoms with van der Waals surface area (Å²) in [4.78, 5) is 43.6. The quantitative estimate of drug-likeness (QED) is 0.660. The number of carbonyl (C=O) groups is 3. The molecule has 4 fully saturated rings. The predicted octanol–water partition coefficient (Wildman–Crippen LogP) is 3.80. The molecule has 2 saturated heterocycles. The van der Waals surface area contributed by atoms with Gasteiger partial charge in [0.2, 0.25) is 11.8 Å². The third-order valence-electron chi connectivity index (χ3n) is 8.41. The molecule has 3 amide bonds. The van der Waals surface area contributed by atoms with E-state index in [2.05, 4.69) is 4.90 Å². The number of carbonyl (C=O) groups excluding carboxylic acids is 3. The summed E-state index contributed by atoms with van der Waals surface area (Å²) < 4.78 is 5.59. The highest BCUT2D eigenvalue weighted by atomic mass is 16.6. The number of hydrogen-bond acceptors (Lipinski definition) is 4. The predicted molar refractivity (Wildman–Crippen MR) is 122 cm³/mol. The summed E-state index contributed by atoms with van der Waals surface area (Å²) in [5.74, 6) is 1.67. The van der Waals surface area contributed by atoms with Crippen LogP contribution in [0.4, 0.5) is 4.79 Å². The van der Waals surface area contributed by atoms with E-state index in [9.17, 15) is 14.4 Å². The molecule has 2 saturated carbocycles. The fourth-order valence-corrected chi connectivity index (χ4v) is 7.05. The fourth-order valence-electron chi connectivity index (χ4n) is 7.05. The zero-order valence-electron chi connectivity index (χ0n) is 20.3. The van der Waals surface area contributed by atoms with Gasteiger partial charge < -0.3 is 19.4 Å². The number of likely N-dealkylation sites (tertiary alicyclic amines) is 1. The molecular formula is C25H41N3O4. The van der Waals surface area contributed by atoms with Crippen molar-refractivity contribution in [3.8, 4) is 0 Å². The molecule has 2 aliphatic heterocycles. The van der Waals surface area contributed by atoms with Crippen LogP contribution in [0.1, 0.15) is 85.5 Å². The summed E-state index contributed by atoms with van der Waals surface area (Å²) in [5, 5.41) is 0. The molecule has 3 unspecified atom stereocenters. The Morgan fingerprint density at radius 1 is 1.00 bits per heavy atom. The van der Waals surface area contributed by atoms with Crippen LogP contribution < -0.4 is 0 Å². The van der Waals surface area contributed by atoms with Crippen molar-refractivity contribution >= 4 is 17.9 Å². The van der Waals surface area contributed by atoms with Crippen LogP contribution in [-0.2, 0) is 14.3 Å². The van der Waals surface area contributed by atoms with Gasteiger partial charge in [-0.3, -0.25) is 9.59 Å². The summed E-state index contributed by atoms with van der Waals surface area (Å²) >= 11 is 0. The zero-order chi connectivity index (χ0) is 23.0. The van der Waals surface area contributed by atoms with Crippen LogP contribution in [0.25, 0.3) is 0 Å². The molecule has 0 spiro atoms. The fraction of sp³-hybridized carbons (Fsp3) is 0.880. The minimum atomic E-state index is -0.234. The largest absolute Gasteiger partial charge is 0.447 e. The summed E-state index contributed by atoms with van der Waals surface area (Å²) in [7, 11) is 0. The number of rotatable bonds is 3. The maximum absolute atomic E-state index is 13.0. The van der Waals surface area contributed by atoms with E-state index in [-0.39, 0.29) is 36.2 Å². The molecule has 4 atom stereocenters. The Bertz CT molecular complexity index is 718. The van der Waals surface area contributed by atoms with Crippen molar-refractivity contribution in [2.45, 2.75) is 116 Å². The number of amides is 3. The lowest BCUT2D eigenvalue weighted by atomic mass is 9.68. The van der Waals surface area contributed by atoms with Crippen molar-refractivity contribution < 1.29 is 19.1 Å². The summed E-state index contributed by atoms with van der Waals surface area (Å²) in [6.07, 6.45) is 8.92. The molecule has 0 radical (unpaired) electrons. The number of piperazine rings is 1. The van der Waals surface area contributed by atoms with Gasteiger partial charge in [-0.1, -0.05) is 0 Å². The molecule has 0 aromatic heterocycles. The van der Waals surface area contributed by atoms with Gasteiger partial charge in [-0.25, -0.2) is 4.79 Å². The zero-order valence-corrected chi connectivity index (χ0v) is 20.3. The SMILES string of the molecule is CC(=O)N1C2CCC(C3CCC(N4CCCC4=O)CC3)CC2N(C(=O)OC(C)C)C[C@@H]1C. The Balaban J connectivity index is 1.43. The topological polar surface area (TPSA) is 70.2 Å². The van der Waals surface area contributed by atoms with Crippen molar-refractivity contribution in [2.24, 2.45) is 11.8 Å². The normalized spacial score (nSPS) is 35.8. The molecule has 7 nitrogen and oxygen atoms in total. The number of ether oxygens (including phenoxy) is 1. The highest BCUT2D eigenvalue weighted by Crippen LogP contribution is 2.43. The Hall–Kier alpha value is -1.79. The van der Waals surface area contributed by atoms with Gasteiger partial charge in [0, 0.05) is 38.5 Å². The van der Waals surface area contributed by atoms with Gasteiger partial charge in [-0.05, 0) is 84.0 Å². The maximum Gasteiger partial charge on any atom is 0.410 e. The molecule has 180 valence electrons. The highest BCUT2D eigenvalue weighted by molar-refractivity contribution is 5.78. The molecular weight excluding hydrogens is 406 g/mol. The molecule has 2 heterocycles. The van der Waals surface area contributed by atoms with Gasteiger partial charge in [0.1, 0.15) is 0 Å². The summed E-state index contributed by atoms with van der Waals surface area (Å²) in [6.45, 7) is 8.95. The average Bonchev–Trinajstić information content (AvgIpc) is 3.18. The first kappa shape index (κ1) is 23.4. The van der Waals surface area contributed by atoms with Crippen LogP contribution in [0.5, 0.6) is 0 Å². The summed E-state index contributed by atoms with van der Waals surface area (Å²) in [5.41, 5.74) is 0. The second kappa shape index (κ2) is 9.60. The van der Waals surface area contributed by atoms with Crippen molar-refractivity contribution in [1.29, 1.82) is 0 Å². The molecule has 4 aliphatic rings. The molecule has 0 aromatic rings. The van der Waals surface area contributed by atoms with Gasteiger partial charge >= 0.3 is 6.09 Å². The number of hydrogen-bond donors (Lipinski definition) is 0. The Morgan fingerprint density at radius 3 is 2.28 bits per heavy atom. The van der Waals surface area contributed by atoms with Gasteiger partial charge in [0.05, 0.1) is 18.2 Å². The maximum atomic E-state index is 13.0. The first-order valence-electron chi connectivity index (χ1n) is 12.8. The smallest absolute Gasteiger partial charge is 0.410 e. The van der Waals surface area contributed by atoms with Crippen molar-refractivity contribution in [3.05, 3.63) is 0 Å². The Kier molecular flexibility index (Phi) is 7.01. The van der Waals surface area contributed by atoms with Crippen LogP contribution in [-0.4, -0.2) is 76.0 Å². The van der Waals surface area contributed by atoms with Gasteiger partial charge in [0.15, 0.2) is 0 Å². The minimum Gasteiger partial charge on any atom is -0.447 e. The molecule has 0 N–H and O–H groups in total. The number of fused-ring (bicyclic) bond motifs is 1. The van der Waals surface area contributed by atoms with Crippen LogP contribution in [0.15, 0.2) is 0 Å². The van der Waals surface area contributed by atoms with Crippen molar-refractivity contribution in [3.63, 3.8) is 0 Å². The van der Waals surface area contributed by atoms with Crippen LogP contribution >= 0.6 is 0 Å². The number of nitrogens with zero attached hydrogens (tertiary/aromatic N) is 3. The molecule has 7 heteroatoms. The second-order valence-corrected chi connectivity index (χ2v) is 10.8. The van der Waals surface area contributed by atoms with Gasteiger partial charge in [0.25, 0.3) is 0 Å².